The van der Waals surface area contributed by atoms with Crippen molar-refractivity contribution in [3.63, 3.8) is 0 Å². The smallest absolute Gasteiger partial charge is 0.0538 e. The van der Waals surface area contributed by atoms with E-state index in [9.17, 15) is 0 Å². The molecule has 0 aromatic carbocycles. The van der Waals surface area contributed by atoms with Crippen molar-refractivity contribution in [3.8, 4) is 0 Å². The largest absolute Gasteiger partial charge is 0.380 e. The molecule has 0 bridgehead atoms. The average Bonchev–Trinajstić information content (AvgIpc) is 2.27. The highest BCUT2D eigenvalue weighted by Gasteiger charge is 2.44. The van der Waals surface area contributed by atoms with Crippen LogP contribution in [0.3, 0.4) is 0 Å². The summed E-state index contributed by atoms with van der Waals surface area (Å²) in [6.45, 7) is 9.74. The fourth-order valence-electron chi connectivity index (χ4n) is 3.04. The van der Waals surface area contributed by atoms with Crippen LogP contribution in [0.4, 0.5) is 0 Å². The SMILES string of the molecule is CCN1CCC2(CC1)COCC(C)C2N. The van der Waals surface area contributed by atoms with Gasteiger partial charge in [-0.1, -0.05) is 13.8 Å². The molecule has 88 valence electrons. The molecule has 2 rings (SSSR count). The summed E-state index contributed by atoms with van der Waals surface area (Å²) in [4.78, 5) is 2.51. The Kier molecular flexibility index (Phi) is 3.33. The number of nitrogens with two attached hydrogens (primary N) is 1. The standard InChI is InChI=1S/C12H24N2O/c1-3-14-6-4-12(5-7-14)9-15-8-10(2)11(12)13/h10-11H,3-9,13H2,1-2H3. The van der Waals surface area contributed by atoms with Crippen molar-refractivity contribution in [3.05, 3.63) is 0 Å². The van der Waals surface area contributed by atoms with E-state index in [1.165, 1.54) is 32.5 Å². The Morgan fingerprint density at radius 1 is 1.40 bits per heavy atom. The van der Waals surface area contributed by atoms with Crippen LogP contribution in [0.25, 0.3) is 0 Å². The maximum atomic E-state index is 6.38. The molecule has 2 atom stereocenters. The van der Waals surface area contributed by atoms with Crippen LogP contribution in [0.15, 0.2) is 0 Å². The van der Waals surface area contributed by atoms with Gasteiger partial charge in [-0.2, -0.15) is 0 Å². The third kappa shape index (κ3) is 2.05. The van der Waals surface area contributed by atoms with Crippen LogP contribution in [0.2, 0.25) is 0 Å². The predicted octanol–water partition coefficient (Wildman–Crippen LogP) is 1.08. The van der Waals surface area contributed by atoms with Crippen molar-refractivity contribution in [2.45, 2.75) is 32.7 Å². The Labute approximate surface area is 93.0 Å². The molecule has 2 unspecified atom stereocenters. The van der Waals surface area contributed by atoms with E-state index in [0.717, 1.165) is 13.2 Å². The van der Waals surface area contributed by atoms with Crippen LogP contribution in [0, 0.1) is 11.3 Å². The summed E-state index contributed by atoms with van der Waals surface area (Å²) in [5.74, 6) is 0.520. The monoisotopic (exact) mass is 212 g/mol. The van der Waals surface area contributed by atoms with Crippen LogP contribution in [0.5, 0.6) is 0 Å². The predicted molar refractivity (Wildman–Crippen MR) is 61.7 cm³/mol. The van der Waals surface area contributed by atoms with E-state index < -0.39 is 0 Å². The summed E-state index contributed by atoms with van der Waals surface area (Å²) in [7, 11) is 0. The van der Waals surface area contributed by atoms with Crippen LogP contribution in [0.1, 0.15) is 26.7 Å². The van der Waals surface area contributed by atoms with Gasteiger partial charge in [-0.25, -0.2) is 0 Å². The van der Waals surface area contributed by atoms with Crippen molar-refractivity contribution in [1.29, 1.82) is 0 Å². The van der Waals surface area contributed by atoms with Crippen LogP contribution < -0.4 is 5.73 Å². The molecule has 2 N–H and O–H groups in total. The molecule has 0 aromatic rings. The molecule has 3 nitrogen and oxygen atoms in total. The first-order chi connectivity index (χ1) is 7.18. The molecule has 0 aliphatic carbocycles. The topological polar surface area (TPSA) is 38.5 Å². The summed E-state index contributed by atoms with van der Waals surface area (Å²) in [5, 5.41) is 0. The number of likely N-dealkylation sites (tertiary alicyclic amines) is 1. The van der Waals surface area contributed by atoms with Gasteiger partial charge in [0.2, 0.25) is 0 Å². The molecule has 15 heavy (non-hydrogen) atoms. The normalized spacial score (nSPS) is 37.0. The van der Waals surface area contributed by atoms with Gasteiger partial charge in [0.1, 0.15) is 0 Å². The van der Waals surface area contributed by atoms with Gasteiger partial charge < -0.3 is 15.4 Å². The number of hydrogen-bond acceptors (Lipinski definition) is 3. The highest BCUT2D eigenvalue weighted by Crippen LogP contribution is 2.39. The summed E-state index contributed by atoms with van der Waals surface area (Å²) in [6.07, 6.45) is 2.43. The summed E-state index contributed by atoms with van der Waals surface area (Å²) in [6, 6.07) is 0.338. The molecule has 2 fully saturated rings. The molecule has 3 heteroatoms. The second-order valence-electron chi connectivity index (χ2n) is 5.31. The van der Waals surface area contributed by atoms with Crippen molar-refractivity contribution in [2.24, 2.45) is 17.1 Å². The van der Waals surface area contributed by atoms with E-state index in [4.69, 9.17) is 10.5 Å². The quantitative estimate of drug-likeness (QED) is 0.707. The average molecular weight is 212 g/mol. The molecule has 2 saturated heterocycles. The molecule has 2 heterocycles. The molecule has 1 spiro atoms. The van der Waals surface area contributed by atoms with Crippen molar-refractivity contribution >= 4 is 0 Å². The first-order valence-electron chi connectivity index (χ1n) is 6.23. The lowest BCUT2D eigenvalue weighted by Crippen LogP contribution is -2.58. The Bertz CT molecular complexity index is 212. The first-order valence-corrected chi connectivity index (χ1v) is 6.23. The second-order valence-corrected chi connectivity index (χ2v) is 5.31. The maximum absolute atomic E-state index is 6.38. The van der Waals surface area contributed by atoms with Gasteiger partial charge in [0, 0.05) is 11.5 Å². The molecule has 0 saturated carbocycles. The fraction of sp³-hybridized carbons (Fsp3) is 1.00. The van der Waals surface area contributed by atoms with E-state index in [0.29, 0.717) is 12.0 Å². The zero-order valence-electron chi connectivity index (χ0n) is 10.0. The minimum Gasteiger partial charge on any atom is -0.380 e. The number of ether oxygens (including phenoxy) is 1. The van der Waals surface area contributed by atoms with E-state index in [2.05, 4.69) is 18.7 Å². The summed E-state index contributed by atoms with van der Waals surface area (Å²) < 4.78 is 5.72. The van der Waals surface area contributed by atoms with Crippen LogP contribution in [-0.4, -0.2) is 43.8 Å². The Morgan fingerprint density at radius 2 is 2.07 bits per heavy atom. The molecular weight excluding hydrogens is 188 g/mol. The second kappa shape index (κ2) is 4.40. The third-order valence-electron chi connectivity index (χ3n) is 4.39. The lowest BCUT2D eigenvalue weighted by molar-refractivity contribution is -0.0812. The summed E-state index contributed by atoms with van der Waals surface area (Å²) >= 11 is 0. The first kappa shape index (κ1) is 11.4. The molecular formula is C12H24N2O. The maximum Gasteiger partial charge on any atom is 0.0538 e. The number of rotatable bonds is 1. The minimum absolute atomic E-state index is 0.281. The third-order valence-corrected chi connectivity index (χ3v) is 4.39. The molecule has 0 radical (unpaired) electrons. The minimum atomic E-state index is 0.281. The van der Waals surface area contributed by atoms with E-state index in [1.807, 2.05) is 0 Å². The van der Waals surface area contributed by atoms with Crippen LogP contribution in [-0.2, 0) is 4.74 Å². The van der Waals surface area contributed by atoms with Gasteiger partial charge in [0.15, 0.2) is 0 Å². The van der Waals surface area contributed by atoms with Gasteiger partial charge >= 0.3 is 0 Å². The number of hydrogen-bond donors (Lipinski definition) is 1. The Balaban J connectivity index is 2.01. The van der Waals surface area contributed by atoms with Crippen molar-refractivity contribution in [2.75, 3.05) is 32.8 Å². The number of piperidine rings is 1. The highest BCUT2D eigenvalue weighted by molar-refractivity contribution is 4.97. The number of nitrogens with zero attached hydrogens (tertiary/aromatic N) is 1. The molecule has 0 aromatic heterocycles. The highest BCUT2D eigenvalue weighted by atomic mass is 16.5. The molecule has 2 aliphatic heterocycles. The van der Waals surface area contributed by atoms with Gasteiger partial charge in [-0.05, 0) is 38.4 Å². The van der Waals surface area contributed by atoms with Gasteiger partial charge in [0.05, 0.1) is 13.2 Å². The lowest BCUT2D eigenvalue weighted by Gasteiger charge is -2.49. The van der Waals surface area contributed by atoms with Gasteiger partial charge in [-0.3, -0.25) is 0 Å². The van der Waals surface area contributed by atoms with Gasteiger partial charge in [-0.15, -0.1) is 0 Å². The van der Waals surface area contributed by atoms with Crippen LogP contribution >= 0.6 is 0 Å². The van der Waals surface area contributed by atoms with Gasteiger partial charge in [0.25, 0.3) is 0 Å². The fourth-order valence-corrected chi connectivity index (χ4v) is 3.04. The van der Waals surface area contributed by atoms with Crippen molar-refractivity contribution < 1.29 is 4.74 Å². The zero-order chi connectivity index (χ0) is 10.9. The van der Waals surface area contributed by atoms with E-state index >= 15 is 0 Å². The van der Waals surface area contributed by atoms with E-state index in [-0.39, 0.29) is 5.41 Å². The Hall–Kier alpha value is -0.120. The van der Waals surface area contributed by atoms with Crippen molar-refractivity contribution in [1.82, 2.24) is 4.90 Å². The lowest BCUT2D eigenvalue weighted by atomic mass is 9.68. The molecule has 2 aliphatic rings. The summed E-state index contributed by atoms with van der Waals surface area (Å²) in [5.41, 5.74) is 6.66. The zero-order valence-corrected chi connectivity index (χ0v) is 10.0. The Morgan fingerprint density at radius 3 is 2.67 bits per heavy atom. The molecule has 0 amide bonds. The van der Waals surface area contributed by atoms with E-state index in [1.54, 1.807) is 0 Å².